The van der Waals surface area contributed by atoms with Crippen LogP contribution in [0.4, 0.5) is 5.69 Å². The Bertz CT molecular complexity index is 1240. The summed E-state index contributed by atoms with van der Waals surface area (Å²) in [6.45, 7) is 4.20. The van der Waals surface area contributed by atoms with E-state index in [1.807, 2.05) is 80.6 Å². The van der Waals surface area contributed by atoms with Crippen molar-refractivity contribution in [3.63, 3.8) is 0 Å². The van der Waals surface area contributed by atoms with Crippen LogP contribution < -0.4 is 10.5 Å². The summed E-state index contributed by atoms with van der Waals surface area (Å²) in [7, 11) is 0. The maximum Gasteiger partial charge on any atom is 0.258 e. The van der Waals surface area contributed by atoms with E-state index in [9.17, 15) is 9.59 Å². The van der Waals surface area contributed by atoms with Crippen molar-refractivity contribution in [1.29, 1.82) is 0 Å². The van der Waals surface area contributed by atoms with Crippen LogP contribution in [0, 0.1) is 13.8 Å². The van der Waals surface area contributed by atoms with Crippen LogP contribution in [-0.2, 0) is 6.54 Å². The number of aryl methyl sites for hydroxylation is 2. The second kappa shape index (κ2) is 7.76. The summed E-state index contributed by atoms with van der Waals surface area (Å²) < 4.78 is 0. The number of para-hydroxylation sites is 1. The molecule has 0 radical (unpaired) electrons. The summed E-state index contributed by atoms with van der Waals surface area (Å²) in [4.78, 5) is 30.7. The van der Waals surface area contributed by atoms with Crippen LogP contribution in [-0.4, -0.2) is 10.9 Å². The fourth-order valence-electron chi connectivity index (χ4n) is 3.59. The van der Waals surface area contributed by atoms with Gasteiger partial charge in [-0.2, -0.15) is 0 Å². The first kappa shape index (κ1) is 18.7. The number of H-pyrrole nitrogens is 1. The van der Waals surface area contributed by atoms with Crippen molar-refractivity contribution in [2.75, 3.05) is 4.90 Å². The molecule has 1 amide bonds. The number of pyridine rings is 1. The van der Waals surface area contributed by atoms with Crippen LogP contribution in [0.5, 0.6) is 0 Å². The van der Waals surface area contributed by atoms with Crippen molar-refractivity contribution in [2.45, 2.75) is 20.4 Å². The molecule has 0 unspecified atom stereocenters. The third kappa shape index (κ3) is 3.83. The van der Waals surface area contributed by atoms with Gasteiger partial charge in [-0.1, -0.05) is 54.1 Å². The van der Waals surface area contributed by atoms with Gasteiger partial charge in [-0.3, -0.25) is 9.59 Å². The Hall–Kier alpha value is -3.66. The molecule has 0 aliphatic rings. The van der Waals surface area contributed by atoms with Crippen LogP contribution in [0.2, 0.25) is 0 Å². The summed E-state index contributed by atoms with van der Waals surface area (Å²) in [5.74, 6) is -0.134. The molecule has 0 spiro atoms. The van der Waals surface area contributed by atoms with Gasteiger partial charge >= 0.3 is 0 Å². The molecular formula is C25H22N2O2. The van der Waals surface area contributed by atoms with Crippen LogP contribution in [0.25, 0.3) is 10.9 Å². The molecule has 1 N–H and O–H groups in total. The summed E-state index contributed by atoms with van der Waals surface area (Å²) in [5.41, 5.74) is 4.66. The third-order valence-electron chi connectivity index (χ3n) is 5.07. The lowest BCUT2D eigenvalue weighted by Gasteiger charge is -2.25. The summed E-state index contributed by atoms with van der Waals surface area (Å²) in [6, 6.07) is 24.6. The molecule has 0 saturated carbocycles. The maximum atomic E-state index is 13.4. The molecule has 29 heavy (non-hydrogen) atoms. The average molecular weight is 382 g/mol. The Labute approximate surface area is 169 Å². The number of carbonyl (C=O) groups excluding carboxylic acids is 1. The first-order valence-corrected chi connectivity index (χ1v) is 9.58. The predicted molar refractivity (Wildman–Crippen MR) is 117 cm³/mol. The predicted octanol–water partition coefficient (Wildman–Crippen LogP) is 4.99. The number of nitrogens with zero attached hydrogens (tertiary/aromatic N) is 1. The van der Waals surface area contributed by atoms with Gasteiger partial charge < -0.3 is 9.88 Å². The second-order valence-corrected chi connectivity index (χ2v) is 7.26. The molecule has 4 heteroatoms. The minimum atomic E-state index is -0.181. The first-order valence-electron chi connectivity index (χ1n) is 9.58. The van der Waals surface area contributed by atoms with E-state index in [0.29, 0.717) is 11.1 Å². The van der Waals surface area contributed by atoms with Crippen LogP contribution >= 0.6 is 0 Å². The fraction of sp³-hybridized carbons (Fsp3) is 0.120. The third-order valence-corrected chi connectivity index (χ3v) is 5.07. The van der Waals surface area contributed by atoms with Crippen molar-refractivity contribution in [3.05, 3.63) is 111 Å². The largest absolute Gasteiger partial charge is 0.322 e. The highest BCUT2D eigenvalue weighted by Crippen LogP contribution is 2.25. The van der Waals surface area contributed by atoms with E-state index in [1.165, 1.54) is 0 Å². The molecule has 1 heterocycles. The number of benzene rings is 3. The Morgan fingerprint density at radius 1 is 0.897 bits per heavy atom. The molecule has 144 valence electrons. The highest BCUT2D eigenvalue weighted by molar-refractivity contribution is 6.06. The number of amides is 1. The number of aromatic nitrogens is 1. The topological polar surface area (TPSA) is 53.2 Å². The Morgan fingerprint density at radius 3 is 2.38 bits per heavy atom. The van der Waals surface area contributed by atoms with Gasteiger partial charge in [-0.15, -0.1) is 0 Å². The lowest BCUT2D eigenvalue weighted by molar-refractivity contribution is 0.0985. The number of hydrogen-bond acceptors (Lipinski definition) is 2. The zero-order valence-corrected chi connectivity index (χ0v) is 16.5. The van der Waals surface area contributed by atoms with E-state index in [0.717, 1.165) is 27.7 Å². The molecule has 0 atom stereocenters. The summed E-state index contributed by atoms with van der Waals surface area (Å²) in [6.07, 6.45) is 0. The van der Waals surface area contributed by atoms with Gasteiger partial charge in [0.05, 0.1) is 6.54 Å². The monoisotopic (exact) mass is 382 g/mol. The molecule has 0 aliphatic heterocycles. The molecule has 0 bridgehead atoms. The summed E-state index contributed by atoms with van der Waals surface area (Å²) in [5, 5.41) is 0.940. The maximum absolute atomic E-state index is 13.4. The van der Waals surface area contributed by atoms with Gasteiger partial charge in [0.2, 0.25) is 0 Å². The second-order valence-electron chi connectivity index (χ2n) is 7.26. The van der Waals surface area contributed by atoms with Gasteiger partial charge in [0.25, 0.3) is 11.5 Å². The molecule has 1 aromatic heterocycles. The number of aromatic amines is 1. The van der Waals surface area contributed by atoms with Gasteiger partial charge in [0.15, 0.2) is 0 Å². The molecule has 4 aromatic rings. The lowest BCUT2D eigenvalue weighted by atomic mass is 10.1. The van der Waals surface area contributed by atoms with Gasteiger partial charge in [-0.05, 0) is 55.1 Å². The molecule has 3 aromatic carbocycles. The molecular weight excluding hydrogens is 360 g/mol. The van der Waals surface area contributed by atoms with E-state index in [4.69, 9.17) is 0 Å². The molecule has 0 aliphatic carbocycles. The number of nitrogens with one attached hydrogen (secondary N) is 1. The van der Waals surface area contributed by atoms with Crippen molar-refractivity contribution < 1.29 is 4.79 Å². The van der Waals surface area contributed by atoms with E-state index >= 15 is 0 Å². The number of carbonyl (C=O) groups is 1. The molecule has 4 rings (SSSR count). The number of hydrogen-bond donors (Lipinski definition) is 1. The van der Waals surface area contributed by atoms with E-state index in [-0.39, 0.29) is 18.0 Å². The van der Waals surface area contributed by atoms with Crippen molar-refractivity contribution in [3.8, 4) is 0 Å². The normalized spacial score (nSPS) is 10.8. The Kier molecular flexibility index (Phi) is 5.00. The highest BCUT2D eigenvalue weighted by atomic mass is 16.2. The van der Waals surface area contributed by atoms with Crippen LogP contribution in [0.15, 0.2) is 83.7 Å². The molecule has 0 fully saturated rings. The quantitative estimate of drug-likeness (QED) is 0.540. The first-order chi connectivity index (χ1) is 14.0. The van der Waals surface area contributed by atoms with Crippen molar-refractivity contribution in [2.24, 2.45) is 0 Å². The standard InChI is InChI=1S/C25H22N2O2/c1-17-12-13-23(18(2)14-17)27(25(29)19-8-4-3-5-9-19)16-21-15-20-10-6-7-11-22(20)26-24(21)28/h3-15H,16H2,1-2H3,(H,26,28). The molecule has 4 nitrogen and oxygen atoms in total. The zero-order valence-electron chi connectivity index (χ0n) is 16.5. The number of anilines is 1. The number of fused-ring (bicyclic) bond motifs is 1. The van der Waals surface area contributed by atoms with Gasteiger partial charge in [0.1, 0.15) is 0 Å². The van der Waals surface area contributed by atoms with Crippen LogP contribution in [0.3, 0.4) is 0 Å². The van der Waals surface area contributed by atoms with Gasteiger partial charge in [-0.25, -0.2) is 0 Å². The lowest BCUT2D eigenvalue weighted by Crippen LogP contribution is -2.33. The smallest absolute Gasteiger partial charge is 0.258 e. The Morgan fingerprint density at radius 2 is 1.62 bits per heavy atom. The Balaban J connectivity index is 1.81. The van der Waals surface area contributed by atoms with Gasteiger partial charge in [0, 0.05) is 22.3 Å². The molecule has 0 saturated heterocycles. The van der Waals surface area contributed by atoms with Crippen molar-refractivity contribution >= 4 is 22.5 Å². The van der Waals surface area contributed by atoms with Crippen LogP contribution in [0.1, 0.15) is 27.0 Å². The summed E-state index contributed by atoms with van der Waals surface area (Å²) >= 11 is 0. The SMILES string of the molecule is Cc1ccc(N(Cc2cc3ccccc3[nH]c2=O)C(=O)c2ccccc2)c(C)c1. The minimum Gasteiger partial charge on any atom is -0.322 e. The van der Waals surface area contributed by atoms with E-state index in [2.05, 4.69) is 4.98 Å². The van der Waals surface area contributed by atoms with E-state index < -0.39 is 0 Å². The van der Waals surface area contributed by atoms with Crippen molar-refractivity contribution in [1.82, 2.24) is 4.98 Å². The fourth-order valence-corrected chi connectivity index (χ4v) is 3.59. The number of rotatable bonds is 4. The average Bonchev–Trinajstić information content (AvgIpc) is 2.73. The van der Waals surface area contributed by atoms with E-state index in [1.54, 1.807) is 17.0 Å². The highest BCUT2D eigenvalue weighted by Gasteiger charge is 2.21. The minimum absolute atomic E-state index is 0.134. The zero-order chi connectivity index (χ0) is 20.4.